The zero-order valence-corrected chi connectivity index (χ0v) is 13.5. The molecule has 0 unspecified atom stereocenters. The minimum absolute atomic E-state index is 0.0360. The van der Waals surface area contributed by atoms with Gasteiger partial charge in [-0.15, -0.1) is 0 Å². The highest BCUT2D eigenvalue weighted by atomic mass is 32.2. The lowest BCUT2D eigenvalue weighted by molar-refractivity contribution is 0.420. The Morgan fingerprint density at radius 1 is 1.08 bits per heavy atom. The van der Waals surface area contributed by atoms with Crippen LogP contribution in [-0.2, 0) is 16.6 Å². The molecule has 2 aromatic carbocycles. The van der Waals surface area contributed by atoms with Gasteiger partial charge >= 0.3 is 0 Å². The third-order valence-electron chi connectivity index (χ3n) is 3.54. The van der Waals surface area contributed by atoms with Crippen LogP contribution in [0, 0.1) is 23.3 Å². The summed E-state index contributed by atoms with van der Waals surface area (Å²) in [5.74, 6) is -7.60. The lowest BCUT2D eigenvalue weighted by Crippen LogP contribution is -2.18. The van der Waals surface area contributed by atoms with Crippen molar-refractivity contribution in [2.24, 2.45) is 0 Å². The maximum absolute atomic E-state index is 13.7. The molecule has 25 heavy (non-hydrogen) atoms. The van der Waals surface area contributed by atoms with E-state index in [1.54, 1.807) is 16.9 Å². The molecule has 5 nitrogen and oxygen atoms in total. The van der Waals surface area contributed by atoms with E-state index in [1.807, 2.05) is 11.6 Å². The Hall–Kier alpha value is -2.62. The number of rotatable bonds is 4. The van der Waals surface area contributed by atoms with Crippen LogP contribution in [0.15, 0.2) is 35.4 Å². The van der Waals surface area contributed by atoms with Crippen molar-refractivity contribution in [2.45, 2.75) is 18.4 Å². The fourth-order valence-corrected chi connectivity index (χ4v) is 3.59. The molecule has 0 saturated carbocycles. The zero-order valence-electron chi connectivity index (χ0n) is 12.7. The molecule has 1 aromatic heterocycles. The van der Waals surface area contributed by atoms with Crippen LogP contribution >= 0.6 is 0 Å². The number of halogens is 4. The number of nitrogens with one attached hydrogen (secondary N) is 1. The predicted molar refractivity (Wildman–Crippen MR) is 82.5 cm³/mol. The Labute approximate surface area is 139 Å². The summed E-state index contributed by atoms with van der Waals surface area (Å²) in [7, 11) is -4.90. The molecule has 0 spiro atoms. The highest BCUT2D eigenvalue weighted by Gasteiger charge is 2.30. The van der Waals surface area contributed by atoms with E-state index in [9.17, 15) is 26.0 Å². The van der Waals surface area contributed by atoms with Crippen molar-refractivity contribution >= 4 is 26.6 Å². The second kappa shape index (κ2) is 6.03. The van der Waals surface area contributed by atoms with Gasteiger partial charge < -0.3 is 0 Å². The Bertz CT molecular complexity index is 1050. The van der Waals surface area contributed by atoms with E-state index in [0.717, 1.165) is 5.39 Å². The zero-order chi connectivity index (χ0) is 18.4. The molecule has 0 radical (unpaired) electrons. The molecule has 0 fully saturated rings. The minimum Gasteiger partial charge on any atom is -0.279 e. The molecule has 1 N–H and O–H groups in total. The number of hydrogen-bond acceptors (Lipinski definition) is 3. The lowest BCUT2D eigenvalue weighted by Gasteiger charge is -2.11. The second-order valence-corrected chi connectivity index (χ2v) is 6.76. The first-order valence-electron chi connectivity index (χ1n) is 7.06. The summed E-state index contributed by atoms with van der Waals surface area (Å²) < 4.78 is 82.0. The van der Waals surface area contributed by atoms with Gasteiger partial charge in [-0.3, -0.25) is 9.40 Å². The van der Waals surface area contributed by atoms with Crippen LogP contribution in [-0.4, -0.2) is 18.2 Å². The Morgan fingerprint density at radius 3 is 2.32 bits per heavy atom. The fourth-order valence-electron chi connectivity index (χ4n) is 2.38. The summed E-state index contributed by atoms with van der Waals surface area (Å²) in [6.07, 6.45) is 1.57. The first-order valence-corrected chi connectivity index (χ1v) is 8.54. The summed E-state index contributed by atoms with van der Waals surface area (Å²) >= 11 is 0. The van der Waals surface area contributed by atoms with Gasteiger partial charge in [0.15, 0.2) is 28.2 Å². The van der Waals surface area contributed by atoms with E-state index in [4.69, 9.17) is 0 Å². The summed E-state index contributed by atoms with van der Waals surface area (Å²) in [5.41, 5.74) is 0.542. The molecular weight excluding hydrogens is 362 g/mol. The molecule has 3 aromatic rings. The summed E-state index contributed by atoms with van der Waals surface area (Å²) in [5, 5.41) is 4.80. The predicted octanol–water partition coefficient (Wildman–Crippen LogP) is 3.41. The molecule has 0 aliphatic rings. The number of aryl methyl sites for hydroxylation is 1. The lowest BCUT2D eigenvalue weighted by atomic mass is 10.2. The van der Waals surface area contributed by atoms with Crippen molar-refractivity contribution < 1.29 is 26.0 Å². The van der Waals surface area contributed by atoms with Gasteiger partial charge in [-0.25, -0.2) is 26.0 Å². The highest BCUT2D eigenvalue weighted by Crippen LogP contribution is 2.27. The van der Waals surface area contributed by atoms with Crippen LogP contribution in [0.2, 0.25) is 0 Å². The highest BCUT2D eigenvalue weighted by molar-refractivity contribution is 7.92. The van der Waals surface area contributed by atoms with E-state index in [2.05, 4.69) is 5.10 Å². The monoisotopic (exact) mass is 373 g/mol. The van der Waals surface area contributed by atoms with Crippen molar-refractivity contribution in [2.75, 3.05) is 4.72 Å². The van der Waals surface area contributed by atoms with Gasteiger partial charge in [0.2, 0.25) is 0 Å². The summed E-state index contributed by atoms with van der Waals surface area (Å²) in [6, 6.07) is 4.22. The SMILES string of the molecule is CCn1ncc2ccc(NS(=O)(=O)c3c(F)c(F)cc(F)c3F)cc21. The average Bonchev–Trinajstić information content (AvgIpc) is 2.95. The van der Waals surface area contributed by atoms with Gasteiger partial charge in [-0.2, -0.15) is 5.10 Å². The molecular formula is C15H11F4N3O2S. The van der Waals surface area contributed by atoms with Gasteiger partial charge in [0.05, 0.1) is 17.4 Å². The standard InChI is InChI=1S/C15H11F4N3O2S/c1-2-22-12-5-9(4-3-8(12)7-20-22)21-25(23,24)15-13(18)10(16)6-11(17)14(15)19/h3-7,21H,2H2,1H3. The van der Waals surface area contributed by atoms with Gasteiger partial charge in [0.25, 0.3) is 10.0 Å². The van der Waals surface area contributed by atoms with Gasteiger partial charge in [-0.1, -0.05) is 0 Å². The van der Waals surface area contributed by atoms with Gasteiger partial charge in [-0.05, 0) is 25.1 Å². The number of nitrogens with zero attached hydrogens (tertiary/aromatic N) is 2. The van der Waals surface area contributed by atoms with E-state index in [1.165, 1.54) is 12.1 Å². The smallest absolute Gasteiger partial charge is 0.267 e. The molecule has 0 bridgehead atoms. The largest absolute Gasteiger partial charge is 0.279 e. The Kier molecular flexibility index (Phi) is 4.15. The van der Waals surface area contributed by atoms with Crippen molar-refractivity contribution in [3.63, 3.8) is 0 Å². The Balaban J connectivity index is 2.08. The normalized spacial score (nSPS) is 11.9. The van der Waals surface area contributed by atoms with Gasteiger partial charge in [0.1, 0.15) is 0 Å². The van der Waals surface area contributed by atoms with Crippen LogP contribution in [0.25, 0.3) is 10.9 Å². The maximum atomic E-state index is 13.7. The number of hydrogen-bond donors (Lipinski definition) is 1. The third-order valence-corrected chi connectivity index (χ3v) is 4.94. The summed E-state index contributed by atoms with van der Waals surface area (Å²) in [6.45, 7) is 2.33. The molecule has 0 atom stereocenters. The van der Waals surface area contributed by atoms with Crippen LogP contribution in [0.1, 0.15) is 6.92 Å². The van der Waals surface area contributed by atoms with E-state index in [0.29, 0.717) is 12.1 Å². The number of fused-ring (bicyclic) bond motifs is 1. The number of aromatic nitrogens is 2. The third kappa shape index (κ3) is 2.93. The Morgan fingerprint density at radius 2 is 1.72 bits per heavy atom. The van der Waals surface area contributed by atoms with Crippen LogP contribution in [0.3, 0.4) is 0 Å². The van der Waals surface area contributed by atoms with Crippen molar-refractivity contribution in [3.05, 3.63) is 53.7 Å². The molecule has 132 valence electrons. The molecule has 1 heterocycles. The first kappa shape index (κ1) is 17.2. The molecule has 0 saturated heterocycles. The maximum Gasteiger partial charge on any atom is 0.267 e. The molecule has 10 heteroatoms. The summed E-state index contributed by atoms with van der Waals surface area (Å²) in [4.78, 5) is -1.71. The van der Waals surface area contributed by atoms with Crippen LogP contribution in [0.4, 0.5) is 23.2 Å². The second-order valence-electron chi connectivity index (χ2n) is 5.14. The van der Waals surface area contributed by atoms with Crippen LogP contribution in [0.5, 0.6) is 0 Å². The fraction of sp³-hybridized carbons (Fsp3) is 0.133. The molecule has 0 aliphatic heterocycles. The average molecular weight is 373 g/mol. The van der Waals surface area contributed by atoms with Crippen LogP contribution < -0.4 is 4.72 Å². The molecule has 0 amide bonds. The molecule has 0 aliphatic carbocycles. The van der Waals surface area contributed by atoms with E-state index in [-0.39, 0.29) is 11.8 Å². The topological polar surface area (TPSA) is 64.0 Å². The van der Waals surface area contributed by atoms with E-state index < -0.39 is 38.2 Å². The number of sulfonamides is 1. The number of anilines is 1. The van der Waals surface area contributed by atoms with E-state index >= 15 is 0 Å². The van der Waals surface area contributed by atoms with Crippen molar-refractivity contribution in [1.29, 1.82) is 0 Å². The van der Waals surface area contributed by atoms with Crippen molar-refractivity contribution in [1.82, 2.24) is 9.78 Å². The minimum atomic E-state index is -4.90. The molecule has 3 rings (SSSR count). The quantitative estimate of drug-likeness (QED) is 0.563. The van der Waals surface area contributed by atoms with Crippen molar-refractivity contribution in [3.8, 4) is 0 Å². The van der Waals surface area contributed by atoms with Gasteiger partial charge in [0, 0.05) is 18.0 Å². The first-order chi connectivity index (χ1) is 11.7. The number of benzene rings is 2.